The Morgan fingerprint density at radius 3 is 2.96 bits per heavy atom. The average molecular weight is 352 g/mol. The summed E-state index contributed by atoms with van der Waals surface area (Å²) in [5, 5.41) is 9.32. The molecule has 6 nitrogen and oxygen atoms in total. The lowest BCUT2D eigenvalue weighted by atomic mass is 10.3. The summed E-state index contributed by atoms with van der Waals surface area (Å²) in [6.45, 7) is 0.656. The molecule has 0 aromatic heterocycles. The second kappa shape index (κ2) is 7.14. The van der Waals surface area contributed by atoms with Gasteiger partial charge in [-0.25, -0.2) is 9.40 Å². The van der Waals surface area contributed by atoms with E-state index in [-0.39, 0.29) is 23.4 Å². The number of aliphatic imine (C=N–C) groups is 1. The molecule has 0 spiro atoms. The number of thioether (sulfide) groups is 2. The van der Waals surface area contributed by atoms with Crippen molar-refractivity contribution in [2.45, 2.75) is 12.8 Å². The number of amidine groups is 1. The highest BCUT2D eigenvalue weighted by atomic mass is 32.2. The van der Waals surface area contributed by atoms with E-state index in [0.29, 0.717) is 28.2 Å². The number of amides is 2. The number of halogens is 1. The monoisotopic (exact) mass is 352 g/mol. The predicted molar refractivity (Wildman–Crippen MR) is 90.9 cm³/mol. The van der Waals surface area contributed by atoms with Crippen molar-refractivity contribution in [1.82, 2.24) is 5.01 Å². The second-order valence-corrected chi connectivity index (χ2v) is 7.00. The van der Waals surface area contributed by atoms with Gasteiger partial charge in [-0.1, -0.05) is 11.8 Å². The standard InChI is InChI=1S/C14H13FN4O2S2/c15-9-3-5-10(6-4-9)16-12(21)8-22-14-18-19-7-1-2-11(20)17-13(19)23-14/h3-6H,1-2,7-8H2,(H,16,21). The zero-order chi connectivity index (χ0) is 16.2. The third-order valence-electron chi connectivity index (χ3n) is 3.04. The number of rotatable bonds is 3. The summed E-state index contributed by atoms with van der Waals surface area (Å²) in [4.78, 5) is 27.3. The lowest BCUT2D eigenvalue weighted by molar-refractivity contribution is -0.117. The molecular weight excluding hydrogens is 339 g/mol. The van der Waals surface area contributed by atoms with E-state index in [0.717, 1.165) is 6.42 Å². The third kappa shape index (κ3) is 4.32. The maximum Gasteiger partial charge on any atom is 0.248 e. The van der Waals surface area contributed by atoms with Crippen LogP contribution in [-0.4, -0.2) is 38.7 Å². The molecule has 1 aromatic rings. The van der Waals surface area contributed by atoms with E-state index < -0.39 is 0 Å². The Balaban J connectivity index is 1.52. The number of hydrogen-bond donors (Lipinski definition) is 1. The summed E-state index contributed by atoms with van der Waals surface area (Å²) in [6.07, 6.45) is 1.16. The van der Waals surface area contributed by atoms with E-state index >= 15 is 0 Å². The number of carbonyl (C=O) groups is 2. The van der Waals surface area contributed by atoms with Crippen LogP contribution in [0.4, 0.5) is 10.1 Å². The third-order valence-corrected chi connectivity index (χ3v) is 5.12. The fourth-order valence-corrected chi connectivity index (χ4v) is 3.78. The highest BCUT2D eigenvalue weighted by Crippen LogP contribution is 2.29. The van der Waals surface area contributed by atoms with Crippen LogP contribution in [0.15, 0.2) is 34.4 Å². The minimum Gasteiger partial charge on any atom is -0.325 e. The Kier molecular flexibility index (Phi) is 4.97. The van der Waals surface area contributed by atoms with Gasteiger partial charge in [0, 0.05) is 18.7 Å². The first-order valence-electron chi connectivity index (χ1n) is 6.94. The van der Waals surface area contributed by atoms with Crippen molar-refractivity contribution in [1.29, 1.82) is 0 Å². The van der Waals surface area contributed by atoms with E-state index in [2.05, 4.69) is 15.4 Å². The van der Waals surface area contributed by atoms with Gasteiger partial charge in [-0.05, 0) is 42.4 Å². The number of carbonyl (C=O) groups excluding carboxylic acids is 2. The molecule has 0 saturated heterocycles. The number of anilines is 1. The molecule has 0 bridgehead atoms. The van der Waals surface area contributed by atoms with Gasteiger partial charge in [0.1, 0.15) is 5.82 Å². The van der Waals surface area contributed by atoms with E-state index in [1.54, 1.807) is 5.01 Å². The van der Waals surface area contributed by atoms with Gasteiger partial charge in [0.25, 0.3) is 0 Å². The van der Waals surface area contributed by atoms with E-state index in [9.17, 15) is 14.0 Å². The van der Waals surface area contributed by atoms with Gasteiger partial charge in [-0.15, -0.1) is 0 Å². The molecule has 0 radical (unpaired) electrons. The molecule has 1 aromatic carbocycles. The Hall–Kier alpha value is -1.87. The number of nitrogens with zero attached hydrogens (tertiary/aromatic N) is 3. The molecular formula is C14H13FN4O2S2. The average Bonchev–Trinajstić information content (AvgIpc) is 2.81. The van der Waals surface area contributed by atoms with Crippen LogP contribution in [-0.2, 0) is 9.59 Å². The van der Waals surface area contributed by atoms with Gasteiger partial charge in [-0.3, -0.25) is 9.59 Å². The molecule has 2 aliphatic rings. The van der Waals surface area contributed by atoms with Crippen molar-refractivity contribution in [2.24, 2.45) is 10.1 Å². The molecule has 0 saturated carbocycles. The maximum atomic E-state index is 12.8. The lowest BCUT2D eigenvalue weighted by Crippen LogP contribution is -2.18. The lowest BCUT2D eigenvalue weighted by Gasteiger charge is -2.08. The zero-order valence-electron chi connectivity index (χ0n) is 12.0. The van der Waals surface area contributed by atoms with E-state index in [4.69, 9.17) is 0 Å². The van der Waals surface area contributed by atoms with Crippen molar-refractivity contribution in [3.8, 4) is 0 Å². The summed E-state index contributed by atoms with van der Waals surface area (Å²) >= 11 is 2.58. The van der Waals surface area contributed by atoms with E-state index in [1.165, 1.54) is 47.8 Å². The molecule has 2 heterocycles. The van der Waals surface area contributed by atoms with Crippen molar-refractivity contribution < 1.29 is 14.0 Å². The largest absolute Gasteiger partial charge is 0.325 e. The molecule has 120 valence electrons. The predicted octanol–water partition coefficient (Wildman–Crippen LogP) is 2.49. The summed E-state index contributed by atoms with van der Waals surface area (Å²) in [7, 11) is 0. The van der Waals surface area contributed by atoms with Crippen molar-refractivity contribution in [3.63, 3.8) is 0 Å². The first-order chi connectivity index (χ1) is 11.1. The molecule has 0 aliphatic carbocycles. The van der Waals surface area contributed by atoms with E-state index in [1.807, 2.05) is 0 Å². The first kappa shape index (κ1) is 16.0. The maximum absolute atomic E-state index is 12.8. The second-order valence-electron chi connectivity index (χ2n) is 4.83. The zero-order valence-corrected chi connectivity index (χ0v) is 13.6. The molecule has 2 aliphatic heterocycles. The Bertz CT molecular complexity index is 691. The SMILES string of the molecule is O=C1CCCN2N=C(SCC(=O)Nc3ccc(F)cc3)SC2=N1. The topological polar surface area (TPSA) is 74.1 Å². The molecule has 0 unspecified atom stereocenters. The smallest absolute Gasteiger partial charge is 0.248 e. The van der Waals surface area contributed by atoms with Gasteiger partial charge in [-0.2, -0.15) is 10.1 Å². The summed E-state index contributed by atoms with van der Waals surface area (Å²) in [6, 6.07) is 5.58. The molecule has 2 amide bonds. The normalized spacial score (nSPS) is 17.3. The van der Waals surface area contributed by atoms with Crippen LogP contribution in [0, 0.1) is 5.82 Å². The van der Waals surface area contributed by atoms with Crippen molar-refractivity contribution >= 4 is 50.6 Å². The number of hydrogen-bond acceptors (Lipinski definition) is 6. The minimum absolute atomic E-state index is 0.134. The molecule has 9 heteroatoms. The molecule has 1 N–H and O–H groups in total. The molecule has 23 heavy (non-hydrogen) atoms. The fourth-order valence-electron chi connectivity index (χ4n) is 1.98. The quantitative estimate of drug-likeness (QED) is 0.905. The minimum atomic E-state index is -0.350. The summed E-state index contributed by atoms with van der Waals surface area (Å²) in [5.41, 5.74) is 0.543. The van der Waals surface area contributed by atoms with Crippen molar-refractivity contribution in [2.75, 3.05) is 17.6 Å². The Labute approximate surface area is 140 Å². The molecule has 3 rings (SSSR count). The van der Waals surface area contributed by atoms with Gasteiger partial charge in [0.05, 0.1) is 5.75 Å². The molecule has 0 fully saturated rings. The Morgan fingerprint density at radius 2 is 2.17 bits per heavy atom. The van der Waals surface area contributed by atoms with Gasteiger partial charge < -0.3 is 5.32 Å². The van der Waals surface area contributed by atoms with Crippen LogP contribution in [0.2, 0.25) is 0 Å². The number of benzene rings is 1. The summed E-state index contributed by atoms with van der Waals surface area (Å²) < 4.78 is 13.5. The molecule has 0 atom stereocenters. The number of hydrazone groups is 1. The van der Waals surface area contributed by atoms with Crippen LogP contribution >= 0.6 is 23.5 Å². The summed E-state index contributed by atoms with van der Waals surface area (Å²) in [5.74, 6) is -0.509. The highest BCUT2D eigenvalue weighted by molar-refractivity contribution is 8.45. The van der Waals surface area contributed by atoms with Crippen LogP contribution in [0.25, 0.3) is 0 Å². The van der Waals surface area contributed by atoms with Crippen LogP contribution in [0.5, 0.6) is 0 Å². The fraction of sp³-hybridized carbons (Fsp3) is 0.286. The van der Waals surface area contributed by atoms with Crippen LogP contribution in [0.1, 0.15) is 12.8 Å². The van der Waals surface area contributed by atoms with Gasteiger partial charge in [0.2, 0.25) is 11.8 Å². The van der Waals surface area contributed by atoms with Crippen LogP contribution < -0.4 is 5.32 Å². The highest BCUT2D eigenvalue weighted by Gasteiger charge is 2.26. The van der Waals surface area contributed by atoms with Gasteiger partial charge in [0.15, 0.2) is 9.54 Å². The van der Waals surface area contributed by atoms with Gasteiger partial charge >= 0.3 is 0 Å². The Morgan fingerprint density at radius 1 is 1.39 bits per heavy atom. The number of fused-ring (bicyclic) bond motifs is 1. The first-order valence-corrected chi connectivity index (χ1v) is 8.74. The number of nitrogens with one attached hydrogen (secondary N) is 1. The van der Waals surface area contributed by atoms with Crippen molar-refractivity contribution in [3.05, 3.63) is 30.1 Å². The van der Waals surface area contributed by atoms with Crippen LogP contribution in [0.3, 0.4) is 0 Å².